The standard InChI is InChI=1S/C34H46N4O6.ClH/c1-23(39)16-19-38-32(42)29(30(40)25-6-4-3-5-7-25)36-33(43)34(38)17-20-37(21-18-34)22-24-8-12-27(13-9-24)44-28-14-10-26(11-15-28)31(41)35-2;/h8-15,23,25,29-30,39-40H,3-7,16-22H2,1-2H3,(H,35,41)(H,36,43);1H/t23-,29-,30-;/m1./s1. The van der Waals surface area contributed by atoms with Crippen molar-refractivity contribution in [3.63, 3.8) is 0 Å². The van der Waals surface area contributed by atoms with Gasteiger partial charge in [-0.2, -0.15) is 0 Å². The van der Waals surface area contributed by atoms with Gasteiger partial charge in [-0.1, -0.05) is 31.4 Å². The summed E-state index contributed by atoms with van der Waals surface area (Å²) in [5.74, 6) is 0.780. The smallest absolute Gasteiger partial charge is 0.251 e. The molecule has 2 heterocycles. The van der Waals surface area contributed by atoms with Crippen LogP contribution in [0.5, 0.6) is 11.5 Å². The van der Waals surface area contributed by atoms with Gasteiger partial charge in [-0.25, -0.2) is 0 Å². The summed E-state index contributed by atoms with van der Waals surface area (Å²) in [4.78, 5) is 43.3. The summed E-state index contributed by atoms with van der Waals surface area (Å²) in [5, 5.41) is 26.8. The topological polar surface area (TPSA) is 131 Å². The summed E-state index contributed by atoms with van der Waals surface area (Å²) in [6, 6.07) is 13.9. The molecule has 5 rings (SSSR count). The summed E-state index contributed by atoms with van der Waals surface area (Å²) < 4.78 is 5.94. The molecule has 2 aromatic rings. The van der Waals surface area contributed by atoms with E-state index >= 15 is 0 Å². The van der Waals surface area contributed by atoms with Crippen LogP contribution in [-0.4, -0.2) is 88.2 Å². The van der Waals surface area contributed by atoms with Gasteiger partial charge in [-0.3, -0.25) is 19.3 Å². The summed E-state index contributed by atoms with van der Waals surface area (Å²) in [6.45, 7) is 3.95. The Labute approximate surface area is 271 Å². The second kappa shape index (κ2) is 15.4. The normalized spacial score (nSPS) is 21.9. The van der Waals surface area contributed by atoms with E-state index in [1.54, 1.807) is 43.1 Å². The Morgan fingerprint density at radius 3 is 2.18 bits per heavy atom. The van der Waals surface area contributed by atoms with Gasteiger partial charge < -0.3 is 30.5 Å². The van der Waals surface area contributed by atoms with Crippen molar-refractivity contribution in [1.82, 2.24) is 20.4 Å². The Balaban J connectivity index is 0.00000461. The van der Waals surface area contributed by atoms with Crippen molar-refractivity contribution in [2.75, 3.05) is 26.7 Å². The average molecular weight is 643 g/mol. The zero-order valence-corrected chi connectivity index (χ0v) is 27.1. The molecule has 246 valence electrons. The van der Waals surface area contributed by atoms with E-state index in [1.165, 1.54) is 0 Å². The molecule has 2 aromatic carbocycles. The molecular formula is C34H47ClN4O6. The zero-order valence-electron chi connectivity index (χ0n) is 26.2. The highest BCUT2D eigenvalue weighted by atomic mass is 35.5. The molecule has 3 fully saturated rings. The van der Waals surface area contributed by atoms with E-state index in [0.29, 0.717) is 56.0 Å². The number of ether oxygens (including phenoxy) is 1. The molecule has 0 bridgehead atoms. The van der Waals surface area contributed by atoms with Gasteiger partial charge in [-0.15, -0.1) is 12.4 Å². The highest BCUT2D eigenvalue weighted by molar-refractivity contribution is 6.00. The maximum atomic E-state index is 13.9. The lowest BCUT2D eigenvalue weighted by atomic mass is 9.78. The highest BCUT2D eigenvalue weighted by Crippen LogP contribution is 2.36. The van der Waals surface area contributed by atoms with Crippen LogP contribution >= 0.6 is 12.4 Å². The van der Waals surface area contributed by atoms with Gasteiger partial charge in [0.05, 0.1) is 12.2 Å². The SMILES string of the molecule is CNC(=O)c1ccc(Oc2ccc(CN3CCC4(CC3)C(=O)N[C@H]([C@H](O)C3CCCCC3)C(=O)N4CC[C@@H](C)O)cc2)cc1.Cl. The number of hydrogen-bond donors (Lipinski definition) is 4. The first-order valence-corrected chi connectivity index (χ1v) is 16.0. The van der Waals surface area contributed by atoms with E-state index in [-0.39, 0.29) is 42.6 Å². The first kappa shape index (κ1) is 34.7. The van der Waals surface area contributed by atoms with Crippen molar-refractivity contribution < 1.29 is 29.3 Å². The van der Waals surface area contributed by atoms with Gasteiger partial charge >= 0.3 is 0 Å². The molecule has 3 atom stereocenters. The van der Waals surface area contributed by atoms with E-state index in [0.717, 1.165) is 37.7 Å². The number of piperazine rings is 1. The van der Waals surface area contributed by atoms with Gasteiger partial charge in [0.2, 0.25) is 11.8 Å². The van der Waals surface area contributed by atoms with E-state index in [9.17, 15) is 24.6 Å². The fourth-order valence-electron chi connectivity index (χ4n) is 6.91. The molecule has 0 unspecified atom stereocenters. The van der Waals surface area contributed by atoms with Gasteiger partial charge in [-0.05, 0) is 86.9 Å². The summed E-state index contributed by atoms with van der Waals surface area (Å²) in [5.41, 5.74) is 0.696. The van der Waals surface area contributed by atoms with Gasteiger partial charge in [0, 0.05) is 38.8 Å². The molecule has 0 aromatic heterocycles. The number of aliphatic hydroxyl groups is 2. The maximum Gasteiger partial charge on any atom is 0.251 e. The quantitative estimate of drug-likeness (QED) is 0.311. The summed E-state index contributed by atoms with van der Waals surface area (Å²) >= 11 is 0. The van der Waals surface area contributed by atoms with E-state index in [4.69, 9.17) is 4.74 Å². The van der Waals surface area contributed by atoms with Crippen molar-refractivity contribution >= 4 is 30.1 Å². The van der Waals surface area contributed by atoms with Crippen molar-refractivity contribution in [2.45, 2.75) is 88.6 Å². The van der Waals surface area contributed by atoms with Crippen LogP contribution in [0.1, 0.15) is 74.2 Å². The molecule has 10 nitrogen and oxygen atoms in total. The number of halogens is 1. The van der Waals surface area contributed by atoms with Crippen LogP contribution in [0, 0.1) is 5.92 Å². The Hall–Kier alpha value is -3.18. The molecule has 0 radical (unpaired) electrons. The van der Waals surface area contributed by atoms with E-state index in [1.807, 2.05) is 24.3 Å². The highest BCUT2D eigenvalue weighted by Gasteiger charge is 2.55. The molecule has 3 aliphatic rings. The monoisotopic (exact) mass is 642 g/mol. The minimum Gasteiger partial charge on any atom is -0.457 e. The van der Waals surface area contributed by atoms with Crippen molar-refractivity contribution in [3.05, 3.63) is 59.7 Å². The predicted molar refractivity (Wildman–Crippen MR) is 173 cm³/mol. The van der Waals surface area contributed by atoms with Crippen molar-refractivity contribution in [3.8, 4) is 11.5 Å². The number of aliphatic hydroxyl groups excluding tert-OH is 2. The number of carbonyl (C=O) groups is 3. The molecule has 1 saturated carbocycles. The number of hydrogen-bond acceptors (Lipinski definition) is 7. The second-order valence-electron chi connectivity index (χ2n) is 12.6. The molecule has 3 amide bonds. The summed E-state index contributed by atoms with van der Waals surface area (Å²) in [6.07, 6.45) is 4.81. The molecule has 45 heavy (non-hydrogen) atoms. The number of rotatable bonds is 10. The minimum atomic E-state index is -0.976. The number of nitrogens with zero attached hydrogens (tertiary/aromatic N) is 2. The lowest BCUT2D eigenvalue weighted by Gasteiger charge is -2.52. The maximum absolute atomic E-state index is 13.9. The number of carbonyl (C=O) groups excluding carboxylic acids is 3. The van der Waals surface area contributed by atoms with Crippen LogP contribution in [-0.2, 0) is 16.1 Å². The Morgan fingerprint density at radius 1 is 1.00 bits per heavy atom. The third kappa shape index (κ3) is 7.98. The first-order chi connectivity index (χ1) is 21.2. The number of amides is 3. The van der Waals surface area contributed by atoms with Crippen molar-refractivity contribution in [1.29, 1.82) is 0 Å². The third-order valence-electron chi connectivity index (χ3n) is 9.59. The zero-order chi connectivity index (χ0) is 31.3. The number of piperidine rings is 1. The number of likely N-dealkylation sites (tertiary alicyclic amines) is 1. The molecule has 11 heteroatoms. The van der Waals surface area contributed by atoms with E-state index < -0.39 is 23.8 Å². The van der Waals surface area contributed by atoms with Crippen molar-refractivity contribution in [2.24, 2.45) is 5.92 Å². The molecule has 2 saturated heterocycles. The lowest BCUT2D eigenvalue weighted by Crippen LogP contribution is -2.75. The fraction of sp³-hybridized carbons (Fsp3) is 0.559. The molecule has 1 aliphatic carbocycles. The first-order valence-electron chi connectivity index (χ1n) is 16.0. The Morgan fingerprint density at radius 2 is 1.60 bits per heavy atom. The van der Waals surface area contributed by atoms with Crippen LogP contribution in [0.25, 0.3) is 0 Å². The van der Waals surface area contributed by atoms with Gasteiger partial charge in [0.1, 0.15) is 23.1 Å². The predicted octanol–water partition coefficient (Wildman–Crippen LogP) is 3.63. The van der Waals surface area contributed by atoms with Gasteiger partial charge in [0.15, 0.2) is 0 Å². The Kier molecular flexibility index (Phi) is 11.9. The average Bonchev–Trinajstić information content (AvgIpc) is 3.04. The van der Waals surface area contributed by atoms with Crippen LogP contribution in [0.3, 0.4) is 0 Å². The van der Waals surface area contributed by atoms with Gasteiger partial charge in [0.25, 0.3) is 5.91 Å². The minimum absolute atomic E-state index is 0. The van der Waals surface area contributed by atoms with Crippen LogP contribution in [0.15, 0.2) is 48.5 Å². The Bertz CT molecular complexity index is 1290. The van der Waals surface area contributed by atoms with E-state index in [2.05, 4.69) is 15.5 Å². The lowest BCUT2D eigenvalue weighted by molar-refractivity contribution is -0.166. The second-order valence-corrected chi connectivity index (χ2v) is 12.6. The van der Waals surface area contributed by atoms with Crippen LogP contribution in [0.4, 0.5) is 0 Å². The largest absolute Gasteiger partial charge is 0.457 e. The molecule has 1 spiro atoms. The third-order valence-corrected chi connectivity index (χ3v) is 9.59. The van der Waals surface area contributed by atoms with Crippen LogP contribution < -0.4 is 15.4 Å². The fourth-order valence-corrected chi connectivity index (χ4v) is 6.91. The molecular weight excluding hydrogens is 596 g/mol. The number of nitrogens with one attached hydrogen (secondary N) is 2. The summed E-state index contributed by atoms with van der Waals surface area (Å²) in [7, 11) is 1.59. The van der Waals surface area contributed by atoms with Crippen LogP contribution in [0.2, 0.25) is 0 Å². The number of benzene rings is 2. The molecule has 2 aliphatic heterocycles. The molecule has 4 N–H and O–H groups in total.